The minimum absolute atomic E-state index is 0.167. The maximum Gasteiger partial charge on any atom is 0.199 e. The molecule has 0 saturated carbocycles. The number of Topliss-reactive ketones (excluding diaryl/α,β-unsaturated/α-hetero) is 1. The molecule has 0 aliphatic rings. The number of methoxy groups -OCH3 is 3. The predicted molar refractivity (Wildman–Crippen MR) is 80.1 cm³/mol. The van der Waals surface area contributed by atoms with Gasteiger partial charge < -0.3 is 14.2 Å². The van der Waals surface area contributed by atoms with Crippen molar-refractivity contribution in [3.8, 4) is 11.5 Å². The number of carbonyl (C=O) groups excluding carboxylic acids is 1. The molecule has 0 N–H and O–H groups in total. The third-order valence-corrected chi connectivity index (χ3v) is 3.27. The van der Waals surface area contributed by atoms with Crippen LogP contribution in [0.3, 0.4) is 0 Å². The van der Waals surface area contributed by atoms with Crippen LogP contribution in [0.2, 0.25) is 0 Å². The van der Waals surface area contributed by atoms with Crippen molar-refractivity contribution in [2.24, 2.45) is 0 Å². The van der Waals surface area contributed by atoms with Crippen LogP contribution in [0.1, 0.15) is 22.0 Å². The van der Waals surface area contributed by atoms with Crippen LogP contribution in [0.15, 0.2) is 48.5 Å². The standard InChI is InChI=1S/C17H18O4/c1-19-14-10-6-4-8-12(14)16(18)17(21-3)13-9-5-7-11-15(13)20-2/h4-11,17H,1-3H3. The fourth-order valence-electron chi connectivity index (χ4n) is 2.25. The van der Waals surface area contributed by atoms with Crippen LogP contribution in [0.4, 0.5) is 0 Å². The second-order valence-corrected chi connectivity index (χ2v) is 4.42. The molecule has 21 heavy (non-hydrogen) atoms. The van der Waals surface area contributed by atoms with Crippen molar-refractivity contribution < 1.29 is 19.0 Å². The highest BCUT2D eigenvalue weighted by Gasteiger charge is 2.26. The van der Waals surface area contributed by atoms with Gasteiger partial charge >= 0.3 is 0 Å². The van der Waals surface area contributed by atoms with E-state index in [1.54, 1.807) is 31.4 Å². The fourth-order valence-corrected chi connectivity index (χ4v) is 2.25. The topological polar surface area (TPSA) is 44.8 Å². The fraction of sp³-hybridized carbons (Fsp3) is 0.235. The zero-order valence-corrected chi connectivity index (χ0v) is 12.3. The van der Waals surface area contributed by atoms with Gasteiger partial charge in [-0.3, -0.25) is 4.79 Å². The summed E-state index contributed by atoms with van der Waals surface area (Å²) in [6, 6.07) is 14.4. The first-order chi connectivity index (χ1) is 10.2. The molecule has 0 amide bonds. The molecule has 1 unspecified atom stereocenters. The van der Waals surface area contributed by atoms with Gasteiger partial charge in [0, 0.05) is 12.7 Å². The normalized spacial score (nSPS) is 11.8. The summed E-state index contributed by atoms with van der Waals surface area (Å²) in [5.41, 5.74) is 1.18. The molecule has 0 fully saturated rings. The molecule has 4 heteroatoms. The van der Waals surface area contributed by atoms with E-state index < -0.39 is 6.10 Å². The summed E-state index contributed by atoms with van der Waals surface area (Å²) in [5, 5.41) is 0. The lowest BCUT2D eigenvalue weighted by atomic mass is 9.98. The molecule has 4 nitrogen and oxygen atoms in total. The Morgan fingerprint density at radius 2 is 1.43 bits per heavy atom. The van der Waals surface area contributed by atoms with Crippen molar-refractivity contribution in [3.63, 3.8) is 0 Å². The summed E-state index contributed by atoms with van der Waals surface area (Å²) >= 11 is 0. The minimum atomic E-state index is -0.738. The highest BCUT2D eigenvalue weighted by molar-refractivity contribution is 6.02. The lowest BCUT2D eigenvalue weighted by molar-refractivity contribution is 0.0594. The number of ether oxygens (including phenoxy) is 3. The average Bonchev–Trinajstić information content (AvgIpc) is 2.55. The molecule has 0 heterocycles. The molecule has 1 atom stereocenters. The van der Waals surface area contributed by atoms with Crippen LogP contribution in [0, 0.1) is 0 Å². The third kappa shape index (κ3) is 3.06. The van der Waals surface area contributed by atoms with Crippen LogP contribution < -0.4 is 9.47 Å². The lowest BCUT2D eigenvalue weighted by Gasteiger charge is -2.18. The molecule has 2 rings (SSSR count). The zero-order chi connectivity index (χ0) is 15.2. The Labute approximate surface area is 124 Å². The van der Waals surface area contributed by atoms with Crippen LogP contribution >= 0.6 is 0 Å². The number of para-hydroxylation sites is 2. The number of hydrogen-bond donors (Lipinski definition) is 0. The van der Waals surface area contributed by atoms with Gasteiger partial charge in [-0.15, -0.1) is 0 Å². The van der Waals surface area contributed by atoms with Crippen molar-refractivity contribution >= 4 is 5.78 Å². The highest BCUT2D eigenvalue weighted by Crippen LogP contribution is 2.32. The van der Waals surface area contributed by atoms with Gasteiger partial charge in [0.25, 0.3) is 0 Å². The molecule has 0 saturated heterocycles. The molecular weight excluding hydrogens is 268 g/mol. The second-order valence-electron chi connectivity index (χ2n) is 4.42. The quantitative estimate of drug-likeness (QED) is 0.764. The van der Waals surface area contributed by atoms with Crippen LogP contribution in [0.25, 0.3) is 0 Å². The zero-order valence-electron chi connectivity index (χ0n) is 12.3. The Balaban J connectivity index is 2.43. The Bertz CT molecular complexity index is 622. The van der Waals surface area contributed by atoms with E-state index in [0.29, 0.717) is 22.6 Å². The maximum absolute atomic E-state index is 12.8. The number of rotatable bonds is 6. The maximum atomic E-state index is 12.8. The molecule has 2 aromatic rings. The van der Waals surface area contributed by atoms with Gasteiger partial charge in [-0.05, 0) is 18.2 Å². The molecule has 0 aliphatic carbocycles. The van der Waals surface area contributed by atoms with Crippen LogP contribution in [-0.2, 0) is 4.74 Å². The van der Waals surface area contributed by atoms with E-state index in [4.69, 9.17) is 14.2 Å². The molecule has 0 aromatic heterocycles. The summed E-state index contributed by atoms with van der Waals surface area (Å²) in [6.45, 7) is 0. The van der Waals surface area contributed by atoms with Gasteiger partial charge in [-0.1, -0.05) is 30.3 Å². The van der Waals surface area contributed by atoms with E-state index in [-0.39, 0.29) is 5.78 Å². The number of hydrogen-bond acceptors (Lipinski definition) is 4. The van der Waals surface area contributed by atoms with E-state index in [9.17, 15) is 4.79 Å². The Hall–Kier alpha value is -2.33. The van der Waals surface area contributed by atoms with Crippen molar-refractivity contribution in [3.05, 3.63) is 59.7 Å². The molecule has 0 spiro atoms. The van der Waals surface area contributed by atoms with Gasteiger partial charge in [-0.2, -0.15) is 0 Å². The first kappa shape index (κ1) is 15.1. The summed E-state index contributed by atoms with van der Waals surface area (Å²) in [6.07, 6.45) is -0.738. The summed E-state index contributed by atoms with van der Waals surface area (Å²) in [5.74, 6) is 0.978. The van der Waals surface area contributed by atoms with Crippen molar-refractivity contribution in [1.29, 1.82) is 0 Å². The van der Waals surface area contributed by atoms with Crippen LogP contribution in [0.5, 0.6) is 11.5 Å². The predicted octanol–water partition coefficient (Wildman–Crippen LogP) is 3.27. The van der Waals surface area contributed by atoms with E-state index in [2.05, 4.69) is 0 Å². The van der Waals surface area contributed by atoms with Crippen molar-refractivity contribution in [1.82, 2.24) is 0 Å². The van der Waals surface area contributed by atoms with E-state index >= 15 is 0 Å². The first-order valence-corrected chi connectivity index (χ1v) is 6.55. The van der Waals surface area contributed by atoms with Gasteiger partial charge in [0.15, 0.2) is 5.78 Å². The largest absolute Gasteiger partial charge is 0.496 e. The van der Waals surface area contributed by atoms with Crippen molar-refractivity contribution in [2.75, 3.05) is 21.3 Å². The Morgan fingerprint density at radius 3 is 2.05 bits per heavy atom. The van der Waals surface area contributed by atoms with Gasteiger partial charge in [-0.25, -0.2) is 0 Å². The van der Waals surface area contributed by atoms with Crippen molar-refractivity contribution in [2.45, 2.75) is 6.10 Å². The summed E-state index contributed by atoms with van der Waals surface area (Å²) in [7, 11) is 4.61. The third-order valence-electron chi connectivity index (χ3n) is 3.27. The Kier molecular flexibility index (Phi) is 4.95. The Morgan fingerprint density at radius 1 is 0.857 bits per heavy atom. The molecule has 0 bridgehead atoms. The monoisotopic (exact) mass is 286 g/mol. The molecule has 0 aliphatic heterocycles. The van der Waals surface area contributed by atoms with E-state index in [1.165, 1.54) is 14.2 Å². The van der Waals surface area contributed by atoms with Gasteiger partial charge in [0.05, 0.1) is 19.8 Å². The molecule has 2 aromatic carbocycles. The number of carbonyl (C=O) groups is 1. The molecule has 110 valence electrons. The van der Waals surface area contributed by atoms with E-state index in [1.807, 2.05) is 24.3 Å². The van der Waals surface area contributed by atoms with Gasteiger partial charge in [0.1, 0.15) is 17.6 Å². The van der Waals surface area contributed by atoms with E-state index in [0.717, 1.165) is 0 Å². The van der Waals surface area contributed by atoms with Gasteiger partial charge in [0.2, 0.25) is 0 Å². The first-order valence-electron chi connectivity index (χ1n) is 6.55. The number of benzene rings is 2. The highest BCUT2D eigenvalue weighted by atomic mass is 16.5. The average molecular weight is 286 g/mol. The van der Waals surface area contributed by atoms with Crippen LogP contribution in [-0.4, -0.2) is 27.1 Å². The second kappa shape index (κ2) is 6.90. The smallest absolute Gasteiger partial charge is 0.199 e. The summed E-state index contributed by atoms with van der Waals surface area (Å²) < 4.78 is 16.0. The summed E-state index contributed by atoms with van der Waals surface area (Å²) in [4.78, 5) is 12.8. The minimum Gasteiger partial charge on any atom is -0.496 e. The molecule has 0 radical (unpaired) electrons. The lowest BCUT2D eigenvalue weighted by Crippen LogP contribution is -2.16. The molecular formula is C17H18O4. The SMILES string of the molecule is COc1ccccc1C(=O)C(OC)c1ccccc1OC. The number of ketones is 1.